The molecule has 1 heterocycles. The molecule has 0 bridgehead atoms. The van der Waals surface area contributed by atoms with Crippen molar-refractivity contribution >= 4 is 28.3 Å². The van der Waals surface area contributed by atoms with E-state index in [1.54, 1.807) is 29.5 Å². The highest BCUT2D eigenvalue weighted by atomic mass is 127. The summed E-state index contributed by atoms with van der Waals surface area (Å²) < 4.78 is 39.8. The Morgan fingerprint density at radius 2 is 2.07 bits per heavy atom. The molecule has 14 heavy (non-hydrogen) atoms. The highest BCUT2D eigenvalue weighted by Gasteiger charge is 2.33. The molecule has 0 aromatic carbocycles. The van der Waals surface area contributed by atoms with Gasteiger partial charge in [-0.05, 0) is 29.5 Å². The molecule has 0 saturated carbocycles. The highest BCUT2D eigenvalue weighted by Crippen LogP contribution is 2.33. The van der Waals surface area contributed by atoms with E-state index in [2.05, 4.69) is 9.72 Å². The molecule has 3 nitrogen and oxygen atoms in total. The molecule has 1 aromatic rings. The summed E-state index contributed by atoms with van der Waals surface area (Å²) in [6, 6.07) is 0. The molecule has 0 unspecified atom stereocenters. The van der Waals surface area contributed by atoms with Crippen LogP contribution in [-0.2, 0) is 0 Å². The van der Waals surface area contributed by atoms with Crippen molar-refractivity contribution in [3.05, 3.63) is 15.5 Å². The number of nitrogens with two attached hydrogens (primary N) is 1. The van der Waals surface area contributed by atoms with Crippen molar-refractivity contribution in [2.75, 3.05) is 5.73 Å². The lowest BCUT2D eigenvalue weighted by atomic mass is 10.3. The van der Waals surface area contributed by atoms with Crippen LogP contribution in [0.25, 0.3) is 0 Å². The molecular formula is C7H6F3IN2O. The van der Waals surface area contributed by atoms with E-state index in [4.69, 9.17) is 5.73 Å². The fraction of sp³-hybridized carbons (Fsp3) is 0.286. The zero-order valence-electron chi connectivity index (χ0n) is 7.02. The van der Waals surface area contributed by atoms with Crippen molar-refractivity contribution in [3.63, 3.8) is 0 Å². The van der Waals surface area contributed by atoms with Gasteiger partial charge in [0.05, 0.1) is 21.1 Å². The van der Waals surface area contributed by atoms with E-state index in [9.17, 15) is 13.2 Å². The molecule has 0 saturated heterocycles. The smallest absolute Gasteiger partial charge is 0.402 e. The Balaban J connectivity index is 3.13. The summed E-state index contributed by atoms with van der Waals surface area (Å²) >= 11 is 1.70. The van der Waals surface area contributed by atoms with Crippen LogP contribution in [0, 0.1) is 10.5 Å². The fourth-order valence-electron chi connectivity index (χ4n) is 0.792. The maximum absolute atomic E-state index is 11.9. The second kappa shape index (κ2) is 3.79. The standard InChI is InChI=1S/C7H6F3IN2O/c1-3-5(11)6(4(12)2-13-3)14-7(8,9)10/h2H,12H2,1H3. The molecule has 0 aliphatic heterocycles. The second-order valence-electron chi connectivity index (χ2n) is 2.49. The number of nitrogens with zero attached hydrogens (tertiary/aromatic N) is 1. The summed E-state index contributed by atoms with van der Waals surface area (Å²) in [5, 5.41) is 0. The van der Waals surface area contributed by atoms with E-state index in [0.717, 1.165) is 6.20 Å². The van der Waals surface area contributed by atoms with Gasteiger partial charge >= 0.3 is 6.36 Å². The predicted molar refractivity (Wildman–Crippen MR) is 52.8 cm³/mol. The molecule has 0 aliphatic rings. The van der Waals surface area contributed by atoms with Gasteiger partial charge in [-0.3, -0.25) is 4.98 Å². The van der Waals surface area contributed by atoms with E-state index in [-0.39, 0.29) is 15.0 Å². The van der Waals surface area contributed by atoms with Gasteiger partial charge in [0, 0.05) is 0 Å². The van der Waals surface area contributed by atoms with Crippen LogP contribution in [0.2, 0.25) is 0 Å². The van der Waals surface area contributed by atoms with Crippen molar-refractivity contribution in [1.29, 1.82) is 0 Å². The topological polar surface area (TPSA) is 48.1 Å². The number of pyridine rings is 1. The zero-order valence-corrected chi connectivity index (χ0v) is 9.18. The number of anilines is 1. The number of aromatic nitrogens is 1. The third-order valence-electron chi connectivity index (χ3n) is 1.39. The van der Waals surface area contributed by atoms with Crippen LogP contribution < -0.4 is 10.5 Å². The summed E-state index contributed by atoms with van der Waals surface area (Å²) in [6.07, 6.45) is -3.60. The molecule has 78 valence electrons. The minimum atomic E-state index is -4.73. The lowest BCUT2D eigenvalue weighted by Crippen LogP contribution is -2.19. The van der Waals surface area contributed by atoms with Gasteiger partial charge in [0.25, 0.3) is 0 Å². The van der Waals surface area contributed by atoms with Crippen molar-refractivity contribution in [2.24, 2.45) is 0 Å². The summed E-state index contributed by atoms with van der Waals surface area (Å²) in [7, 11) is 0. The van der Waals surface area contributed by atoms with Crippen molar-refractivity contribution < 1.29 is 17.9 Å². The molecule has 0 amide bonds. The van der Waals surface area contributed by atoms with Gasteiger partial charge in [-0.15, -0.1) is 13.2 Å². The van der Waals surface area contributed by atoms with E-state index in [0.29, 0.717) is 5.69 Å². The molecule has 0 atom stereocenters. The van der Waals surface area contributed by atoms with Crippen molar-refractivity contribution in [1.82, 2.24) is 4.98 Å². The molecule has 0 spiro atoms. The molecule has 2 N–H and O–H groups in total. The molecule has 1 aromatic heterocycles. The Morgan fingerprint density at radius 3 is 2.57 bits per heavy atom. The molecule has 0 aliphatic carbocycles. The number of nitrogen functional groups attached to an aromatic ring is 1. The van der Waals surface area contributed by atoms with Crippen molar-refractivity contribution in [3.8, 4) is 5.75 Å². The average molecular weight is 318 g/mol. The van der Waals surface area contributed by atoms with Gasteiger partial charge < -0.3 is 10.5 Å². The Kier molecular flexibility index (Phi) is 3.07. The van der Waals surface area contributed by atoms with Crippen LogP contribution in [0.15, 0.2) is 6.20 Å². The first kappa shape index (κ1) is 11.3. The van der Waals surface area contributed by atoms with E-state index >= 15 is 0 Å². The van der Waals surface area contributed by atoms with E-state index in [1.165, 1.54) is 0 Å². The number of hydrogen-bond acceptors (Lipinski definition) is 3. The summed E-state index contributed by atoms with van der Waals surface area (Å²) in [4.78, 5) is 3.79. The fourth-order valence-corrected chi connectivity index (χ4v) is 1.35. The average Bonchev–Trinajstić information content (AvgIpc) is 2.04. The second-order valence-corrected chi connectivity index (χ2v) is 3.57. The van der Waals surface area contributed by atoms with Crippen LogP contribution in [0.5, 0.6) is 5.75 Å². The minimum Gasteiger partial charge on any atom is -0.402 e. The quantitative estimate of drug-likeness (QED) is 0.809. The van der Waals surface area contributed by atoms with Crippen LogP contribution in [0.3, 0.4) is 0 Å². The van der Waals surface area contributed by atoms with Gasteiger partial charge in [-0.1, -0.05) is 0 Å². The normalized spacial score (nSPS) is 11.5. The number of aryl methyl sites for hydroxylation is 1. The zero-order chi connectivity index (χ0) is 10.9. The predicted octanol–water partition coefficient (Wildman–Crippen LogP) is 2.48. The molecule has 0 radical (unpaired) electrons. The summed E-state index contributed by atoms with van der Waals surface area (Å²) in [5.41, 5.74) is 5.62. The van der Waals surface area contributed by atoms with Crippen LogP contribution in [-0.4, -0.2) is 11.3 Å². The number of alkyl halides is 3. The lowest BCUT2D eigenvalue weighted by Gasteiger charge is -2.13. The third kappa shape index (κ3) is 2.63. The van der Waals surface area contributed by atoms with Gasteiger partial charge in [0.2, 0.25) is 0 Å². The first-order chi connectivity index (χ1) is 6.31. The van der Waals surface area contributed by atoms with E-state index < -0.39 is 6.36 Å². The molecular weight excluding hydrogens is 312 g/mol. The van der Waals surface area contributed by atoms with E-state index in [1.807, 2.05) is 0 Å². The van der Waals surface area contributed by atoms with Crippen LogP contribution in [0.1, 0.15) is 5.69 Å². The molecule has 7 heteroatoms. The Morgan fingerprint density at radius 1 is 1.50 bits per heavy atom. The monoisotopic (exact) mass is 318 g/mol. The SMILES string of the molecule is Cc1ncc(N)c(OC(F)(F)F)c1I. The largest absolute Gasteiger partial charge is 0.573 e. The number of rotatable bonds is 1. The van der Waals surface area contributed by atoms with Gasteiger partial charge in [0.1, 0.15) is 0 Å². The Labute approximate surface area is 91.6 Å². The Bertz CT molecular complexity index is 354. The van der Waals surface area contributed by atoms with Gasteiger partial charge in [0.15, 0.2) is 5.75 Å². The maximum atomic E-state index is 11.9. The number of ether oxygens (including phenoxy) is 1. The summed E-state index contributed by atoms with van der Waals surface area (Å²) in [5.74, 6) is -0.384. The van der Waals surface area contributed by atoms with Gasteiger partial charge in [-0.25, -0.2) is 0 Å². The number of hydrogen-bond donors (Lipinski definition) is 1. The maximum Gasteiger partial charge on any atom is 0.573 e. The van der Waals surface area contributed by atoms with Crippen molar-refractivity contribution in [2.45, 2.75) is 13.3 Å². The van der Waals surface area contributed by atoms with Crippen LogP contribution >= 0.6 is 22.6 Å². The van der Waals surface area contributed by atoms with Crippen LogP contribution in [0.4, 0.5) is 18.9 Å². The first-order valence-corrected chi connectivity index (χ1v) is 4.55. The Hall–Kier alpha value is -0.730. The third-order valence-corrected chi connectivity index (χ3v) is 2.66. The molecule has 1 rings (SSSR count). The lowest BCUT2D eigenvalue weighted by molar-refractivity contribution is -0.274. The minimum absolute atomic E-state index is 0.127. The summed E-state index contributed by atoms with van der Waals surface area (Å²) in [6.45, 7) is 1.57. The van der Waals surface area contributed by atoms with Gasteiger partial charge in [-0.2, -0.15) is 0 Å². The highest BCUT2D eigenvalue weighted by molar-refractivity contribution is 14.1. The first-order valence-electron chi connectivity index (χ1n) is 3.47. The number of halogens is 4. The molecule has 0 fully saturated rings.